The summed E-state index contributed by atoms with van der Waals surface area (Å²) in [5.74, 6) is 0. The fourth-order valence-corrected chi connectivity index (χ4v) is 3.54. The Balaban J connectivity index is 2.44. The number of anilines is 1. The van der Waals surface area contributed by atoms with Gasteiger partial charge in [-0.15, -0.1) is 11.3 Å². The second kappa shape index (κ2) is 4.94. The Labute approximate surface area is 113 Å². The van der Waals surface area contributed by atoms with Crippen molar-refractivity contribution in [3.63, 3.8) is 0 Å². The molecule has 18 heavy (non-hydrogen) atoms. The maximum atomic E-state index is 12.1. The van der Waals surface area contributed by atoms with Gasteiger partial charge in [0.1, 0.15) is 4.90 Å². The van der Waals surface area contributed by atoms with Crippen LogP contribution >= 0.6 is 22.9 Å². The lowest BCUT2D eigenvalue weighted by Gasteiger charge is -2.07. The van der Waals surface area contributed by atoms with Gasteiger partial charge in [-0.3, -0.25) is 4.72 Å². The number of sulfonamides is 1. The molecule has 0 aliphatic carbocycles. The van der Waals surface area contributed by atoms with Crippen LogP contribution < -0.4 is 4.72 Å². The molecule has 2 aromatic rings. The number of benzene rings is 1. The molecule has 1 aromatic heterocycles. The Morgan fingerprint density at radius 1 is 1.44 bits per heavy atom. The third-order valence-electron chi connectivity index (χ3n) is 2.00. The molecule has 1 N–H and O–H groups in total. The minimum absolute atomic E-state index is 0.0538. The smallest absolute Gasteiger partial charge is 0.255 e. The van der Waals surface area contributed by atoms with Crippen LogP contribution in [0.1, 0.15) is 5.56 Å². The molecule has 0 saturated carbocycles. The summed E-state index contributed by atoms with van der Waals surface area (Å²) in [4.78, 5) is 3.68. The first kappa shape index (κ1) is 12.8. The lowest BCUT2D eigenvalue weighted by atomic mass is 10.2. The van der Waals surface area contributed by atoms with Gasteiger partial charge < -0.3 is 0 Å². The molecule has 0 radical (unpaired) electrons. The fraction of sp³-hybridized carbons (Fsp3) is 0. The molecule has 8 heteroatoms. The van der Waals surface area contributed by atoms with E-state index in [1.54, 1.807) is 5.38 Å². The highest BCUT2D eigenvalue weighted by Crippen LogP contribution is 2.25. The van der Waals surface area contributed by atoms with Crippen LogP contribution in [0.25, 0.3) is 0 Å². The van der Waals surface area contributed by atoms with E-state index >= 15 is 0 Å². The first-order valence-corrected chi connectivity index (χ1v) is 7.39. The fourth-order valence-electron chi connectivity index (χ4n) is 1.22. The summed E-state index contributed by atoms with van der Waals surface area (Å²) in [6, 6.07) is 5.90. The second-order valence-electron chi connectivity index (χ2n) is 3.20. The zero-order valence-corrected chi connectivity index (χ0v) is 11.2. The highest BCUT2D eigenvalue weighted by Gasteiger charge is 2.19. The summed E-state index contributed by atoms with van der Waals surface area (Å²) < 4.78 is 26.4. The Bertz CT molecular complexity index is 705. The first-order chi connectivity index (χ1) is 8.53. The number of nitrogens with zero attached hydrogens (tertiary/aromatic N) is 2. The number of hydrogen-bond donors (Lipinski definition) is 1. The van der Waals surface area contributed by atoms with Crippen LogP contribution in [0, 0.1) is 11.3 Å². The van der Waals surface area contributed by atoms with E-state index in [-0.39, 0.29) is 20.6 Å². The predicted molar refractivity (Wildman–Crippen MR) is 69.1 cm³/mol. The topological polar surface area (TPSA) is 82.8 Å². The maximum Gasteiger partial charge on any atom is 0.265 e. The Morgan fingerprint density at radius 2 is 2.22 bits per heavy atom. The van der Waals surface area contributed by atoms with E-state index in [1.165, 1.54) is 24.4 Å². The van der Waals surface area contributed by atoms with Crippen molar-refractivity contribution in [2.75, 3.05) is 4.72 Å². The molecule has 0 fully saturated rings. The average Bonchev–Trinajstić information content (AvgIpc) is 2.81. The van der Waals surface area contributed by atoms with E-state index in [4.69, 9.17) is 16.9 Å². The number of nitriles is 1. The van der Waals surface area contributed by atoms with Crippen molar-refractivity contribution in [3.05, 3.63) is 40.4 Å². The summed E-state index contributed by atoms with van der Waals surface area (Å²) in [7, 11) is -3.83. The first-order valence-electron chi connectivity index (χ1n) is 4.65. The summed E-state index contributed by atoms with van der Waals surface area (Å²) in [6.45, 7) is 0. The van der Waals surface area contributed by atoms with E-state index < -0.39 is 10.0 Å². The van der Waals surface area contributed by atoms with E-state index in [2.05, 4.69) is 9.71 Å². The van der Waals surface area contributed by atoms with Crippen LogP contribution in [0.5, 0.6) is 0 Å². The number of aromatic nitrogens is 1. The quantitative estimate of drug-likeness (QED) is 0.943. The summed E-state index contributed by atoms with van der Waals surface area (Å²) in [6.07, 6.45) is 1.48. The molecule has 0 saturated heterocycles. The molecule has 92 valence electrons. The van der Waals surface area contributed by atoms with Gasteiger partial charge in [0.05, 0.1) is 16.7 Å². The van der Waals surface area contributed by atoms with Gasteiger partial charge >= 0.3 is 0 Å². The monoisotopic (exact) mass is 299 g/mol. The third kappa shape index (κ3) is 2.61. The van der Waals surface area contributed by atoms with Gasteiger partial charge in [-0.2, -0.15) is 5.26 Å². The molecule has 0 unspecified atom stereocenters. The van der Waals surface area contributed by atoms with E-state index in [9.17, 15) is 8.42 Å². The standard InChI is InChI=1S/C10H6ClN3O2S2/c11-8-2-1-7(6-12)5-9(8)18(15,16)14-10-13-3-4-17-10/h1-5H,(H,13,14). The molecule has 1 aromatic carbocycles. The van der Waals surface area contributed by atoms with Crippen LogP contribution in [0.4, 0.5) is 5.13 Å². The molecule has 0 atom stereocenters. The zero-order chi connectivity index (χ0) is 13.2. The van der Waals surface area contributed by atoms with Crippen LogP contribution in [-0.4, -0.2) is 13.4 Å². The number of halogens is 1. The van der Waals surface area contributed by atoms with E-state index in [1.807, 2.05) is 6.07 Å². The number of rotatable bonds is 3. The van der Waals surface area contributed by atoms with Gasteiger partial charge in [0.2, 0.25) is 0 Å². The van der Waals surface area contributed by atoms with Gasteiger partial charge in [0, 0.05) is 11.6 Å². The summed E-state index contributed by atoms with van der Waals surface area (Å²) in [5.41, 5.74) is 0.221. The van der Waals surface area contributed by atoms with E-state index in [0.29, 0.717) is 0 Å². The summed E-state index contributed by atoms with van der Waals surface area (Å²) in [5, 5.41) is 10.7. The SMILES string of the molecule is N#Cc1ccc(Cl)c(S(=O)(=O)Nc2nccs2)c1. The third-order valence-corrected chi connectivity index (χ3v) is 4.64. The van der Waals surface area contributed by atoms with E-state index in [0.717, 1.165) is 11.3 Å². The van der Waals surface area contributed by atoms with Gasteiger partial charge in [-0.05, 0) is 18.2 Å². The van der Waals surface area contributed by atoms with Gasteiger partial charge in [0.25, 0.3) is 10.0 Å². The molecule has 0 bridgehead atoms. The van der Waals surface area contributed by atoms with Crippen molar-refractivity contribution in [2.24, 2.45) is 0 Å². The molecule has 0 spiro atoms. The summed E-state index contributed by atoms with van der Waals surface area (Å²) >= 11 is 6.98. The van der Waals surface area contributed by atoms with Crippen LogP contribution in [-0.2, 0) is 10.0 Å². The molecular formula is C10H6ClN3O2S2. The Morgan fingerprint density at radius 3 is 2.83 bits per heavy atom. The van der Waals surface area contributed by atoms with Gasteiger partial charge in [-0.1, -0.05) is 11.6 Å². The predicted octanol–water partition coefficient (Wildman–Crippen LogP) is 2.47. The van der Waals surface area contributed by atoms with Crippen LogP contribution in [0.3, 0.4) is 0 Å². The Kier molecular flexibility index (Phi) is 3.52. The lowest BCUT2D eigenvalue weighted by Crippen LogP contribution is -2.13. The molecule has 0 aliphatic rings. The normalized spacial score (nSPS) is 10.9. The van der Waals surface area contributed by atoms with Crippen LogP contribution in [0.15, 0.2) is 34.7 Å². The Hall–Kier alpha value is -1.62. The highest BCUT2D eigenvalue weighted by molar-refractivity contribution is 7.93. The zero-order valence-electron chi connectivity index (χ0n) is 8.79. The minimum atomic E-state index is -3.83. The number of hydrogen-bond acceptors (Lipinski definition) is 5. The van der Waals surface area contributed by atoms with Gasteiger partial charge in [-0.25, -0.2) is 13.4 Å². The highest BCUT2D eigenvalue weighted by atomic mass is 35.5. The molecule has 2 rings (SSSR count). The molecule has 5 nitrogen and oxygen atoms in total. The molecule has 1 heterocycles. The molecular weight excluding hydrogens is 294 g/mol. The number of nitrogens with one attached hydrogen (secondary N) is 1. The van der Waals surface area contributed by atoms with Crippen molar-refractivity contribution >= 4 is 38.1 Å². The molecule has 0 aliphatic heterocycles. The van der Waals surface area contributed by atoms with Crippen molar-refractivity contribution < 1.29 is 8.42 Å². The van der Waals surface area contributed by atoms with Crippen LogP contribution in [0.2, 0.25) is 5.02 Å². The van der Waals surface area contributed by atoms with Crippen molar-refractivity contribution in [1.29, 1.82) is 5.26 Å². The van der Waals surface area contributed by atoms with Crippen molar-refractivity contribution in [2.45, 2.75) is 4.90 Å². The second-order valence-corrected chi connectivity index (χ2v) is 6.15. The lowest BCUT2D eigenvalue weighted by molar-refractivity contribution is 0.601. The average molecular weight is 300 g/mol. The molecule has 0 amide bonds. The maximum absolute atomic E-state index is 12.1. The van der Waals surface area contributed by atoms with Crippen molar-refractivity contribution in [3.8, 4) is 6.07 Å². The largest absolute Gasteiger partial charge is 0.265 e. The van der Waals surface area contributed by atoms with Crippen molar-refractivity contribution in [1.82, 2.24) is 4.98 Å². The van der Waals surface area contributed by atoms with Gasteiger partial charge in [0.15, 0.2) is 5.13 Å². The minimum Gasteiger partial charge on any atom is -0.255 e. The number of thiazole rings is 1.